The summed E-state index contributed by atoms with van der Waals surface area (Å²) in [6.07, 6.45) is 0.548. The van der Waals surface area contributed by atoms with Crippen molar-refractivity contribution in [3.05, 3.63) is 0 Å². The van der Waals surface area contributed by atoms with Crippen molar-refractivity contribution in [2.75, 3.05) is 0 Å². The molecule has 0 amide bonds. The topological polar surface area (TPSA) is 57.2 Å². The van der Waals surface area contributed by atoms with Crippen molar-refractivity contribution in [3.8, 4) is 0 Å². The van der Waals surface area contributed by atoms with Crippen LogP contribution in [0.4, 0.5) is 0 Å². The second-order valence-corrected chi connectivity index (χ2v) is 1.96. The van der Waals surface area contributed by atoms with Gasteiger partial charge in [-0.2, -0.15) is 0 Å². The average molecular weight is 155 g/mol. The van der Waals surface area contributed by atoms with Crippen LogP contribution in [0.3, 0.4) is 0 Å². The standard InChI is InChI=1S/C6H10O3.Na/c1-3-4(2)5(7)6(8)9;/h4H,3H2,1-2H3,(H,8,9);/q;+1/p-1/i4+1,5+1,6+1;. The molecule has 52 valence electrons. The van der Waals surface area contributed by atoms with E-state index in [0.717, 1.165) is 0 Å². The Morgan fingerprint density at radius 2 is 1.90 bits per heavy atom. The number of hydrogen-bond donors (Lipinski definition) is 0. The third-order valence-electron chi connectivity index (χ3n) is 1.26. The van der Waals surface area contributed by atoms with Crippen molar-refractivity contribution in [1.82, 2.24) is 0 Å². The number of carboxylic acids is 1. The van der Waals surface area contributed by atoms with Crippen LogP contribution in [-0.2, 0) is 9.59 Å². The summed E-state index contributed by atoms with van der Waals surface area (Å²) in [7, 11) is 0. The summed E-state index contributed by atoms with van der Waals surface area (Å²) >= 11 is 0. The molecule has 0 saturated heterocycles. The Morgan fingerprint density at radius 3 is 2.00 bits per heavy atom. The molecule has 0 rings (SSSR count). The van der Waals surface area contributed by atoms with E-state index >= 15 is 0 Å². The summed E-state index contributed by atoms with van der Waals surface area (Å²) in [5, 5.41) is 9.84. The van der Waals surface area contributed by atoms with Gasteiger partial charge in [-0.05, 0) is 6.42 Å². The van der Waals surface area contributed by atoms with Crippen LogP contribution >= 0.6 is 0 Å². The fourth-order valence-electron chi connectivity index (χ4n) is 0.387. The maximum Gasteiger partial charge on any atom is 1.00 e. The smallest absolute Gasteiger partial charge is 0.542 e. The van der Waals surface area contributed by atoms with Crippen LogP contribution in [0, 0.1) is 5.92 Å². The molecule has 0 fully saturated rings. The molecule has 0 aliphatic carbocycles. The number of aliphatic carboxylic acids is 1. The van der Waals surface area contributed by atoms with Gasteiger partial charge in [0.15, 0.2) is 5.78 Å². The Balaban J connectivity index is 0. The van der Waals surface area contributed by atoms with E-state index in [0.29, 0.717) is 6.42 Å². The first kappa shape index (κ1) is 12.8. The molecular formula is C6H9NaO3. The van der Waals surface area contributed by atoms with Gasteiger partial charge in [0.2, 0.25) is 0 Å². The van der Waals surface area contributed by atoms with E-state index in [4.69, 9.17) is 0 Å². The number of Topliss-reactive ketones (excluding diaryl/α,β-unsaturated/α-hetero) is 1. The third kappa shape index (κ3) is 4.04. The van der Waals surface area contributed by atoms with Crippen molar-refractivity contribution >= 4 is 11.8 Å². The molecule has 0 radical (unpaired) electrons. The van der Waals surface area contributed by atoms with Gasteiger partial charge in [0.1, 0.15) is 5.97 Å². The average Bonchev–Trinajstić information content (AvgIpc) is 1.84. The summed E-state index contributed by atoms with van der Waals surface area (Å²) in [4.78, 5) is 20.3. The molecule has 1 atom stereocenters. The molecule has 0 N–H and O–H groups in total. The molecule has 0 heterocycles. The maximum atomic E-state index is 10.4. The van der Waals surface area contributed by atoms with Gasteiger partial charge in [0.05, 0.1) is 0 Å². The fraction of sp³-hybridized carbons (Fsp3) is 0.667. The van der Waals surface area contributed by atoms with Crippen LogP contribution in [0.1, 0.15) is 20.3 Å². The van der Waals surface area contributed by atoms with Crippen LogP contribution < -0.4 is 34.7 Å². The first-order valence-corrected chi connectivity index (χ1v) is 2.84. The zero-order valence-electron chi connectivity index (χ0n) is 6.51. The van der Waals surface area contributed by atoms with E-state index in [1.165, 1.54) is 0 Å². The van der Waals surface area contributed by atoms with Gasteiger partial charge in [-0.25, -0.2) is 0 Å². The fourth-order valence-corrected chi connectivity index (χ4v) is 0.387. The van der Waals surface area contributed by atoms with Gasteiger partial charge >= 0.3 is 29.6 Å². The first-order valence-electron chi connectivity index (χ1n) is 2.84. The Hall–Kier alpha value is 0.140. The first-order chi connectivity index (χ1) is 4.09. The van der Waals surface area contributed by atoms with Crippen molar-refractivity contribution in [2.24, 2.45) is 5.92 Å². The largest absolute Gasteiger partial charge is 1.00 e. The van der Waals surface area contributed by atoms with Crippen molar-refractivity contribution < 1.29 is 44.3 Å². The van der Waals surface area contributed by atoms with Crippen molar-refractivity contribution in [3.63, 3.8) is 0 Å². The minimum Gasteiger partial charge on any atom is -0.542 e. The predicted molar refractivity (Wildman–Crippen MR) is 29.5 cm³/mol. The molecule has 0 aliphatic rings. The van der Waals surface area contributed by atoms with Crippen LogP contribution in [0.5, 0.6) is 0 Å². The van der Waals surface area contributed by atoms with E-state index < -0.39 is 17.7 Å². The quantitative estimate of drug-likeness (QED) is 0.240. The summed E-state index contributed by atoms with van der Waals surface area (Å²) in [5.74, 6) is -2.79. The Bertz CT molecular complexity index is 133. The second-order valence-electron chi connectivity index (χ2n) is 1.96. The number of hydrogen-bond acceptors (Lipinski definition) is 3. The van der Waals surface area contributed by atoms with E-state index in [9.17, 15) is 14.7 Å². The van der Waals surface area contributed by atoms with Gasteiger partial charge in [-0.1, -0.05) is 13.8 Å². The molecule has 0 aromatic heterocycles. The van der Waals surface area contributed by atoms with Crippen LogP contribution in [0.2, 0.25) is 0 Å². The SMILES string of the molecule is CC[13CH](C)[13C](=O)[13C](=O)[O-].[Na+]. The minimum absolute atomic E-state index is 0. The van der Waals surface area contributed by atoms with Gasteiger partial charge in [-0.15, -0.1) is 0 Å². The van der Waals surface area contributed by atoms with Gasteiger partial charge < -0.3 is 9.90 Å². The molecule has 0 aromatic carbocycles. The van der Waals surface area contributed by atoms with E-state index in [1.807, 2.05) is 0 Å². The van der Waals surface area contributed by atoms with E-state index in [-0.39, 0.29) is 29.6 Å². The van der Waals surface area contributed by atoms with Crippen LogP contribution in [0.15, 0.2) is 0 Å². The summed E-state index contributed by atoms with van der Waals surface area (Å²) in [6, 6.07) is 0. The molecule has 0 saturated carbocycles. The Kier molecular flexibility index (Phi) is 7.53. The second kappa shape index (κ2) is 5.89. The molecule has 1 unspecified atom stereocenters. The van der Waals surface area contributed by atoms with Crippen molar-refractivity contribution in [2.45, 2.75) is 20.3 Å². The number of ketones is 1. The van der Waals surface area contributed by atoms with Gasteiger partial charge in [0.25, 0.3) is 0 Å². The molecule has 0 aliphatic heterocycles. The zero-order chi connectivity index (χ0) is 7.44. The molecule has 0 bridgehead atoms. The molecule has 10 heavy (non-hydrogen) atoms. The minimum atomic E-state index is -1.58. The van der Waals surface area contributed by atoms with Crippen LogP contribution in [0.25, 0.3) is 0 Å². The van der Waals surface area contributed by atoms with E-state index in [2.05, 4.69) is 0 Å². The number of carbonyl (C=O) groups is 2. The molecular weight excluding hydrogens is 146 g/mol. The van der Waals surface area contributed by atoms with Crippen LogP contribution in [-0.4, -0.2) is 11.8 Å². The van der Waals surface area contributed by atoms with E-state index in [1.54, 1.807) is 13.8 Å². The third-order valence-corrected chi connectivity index (χ3v) is 1.26. The molecule has 0 spiro atoms. The van der Waals surface area contributed by atoms with Crippen molar-refractivity contribution in [1.29, 1.82) is 0 Å². The monoisotopic (exact) mass is 155 g/mol. The normalized spacial score (nSPS) is 11.4. The molecule has 3 nitrogen and oxygen atoms in total. The number of rotatable bonds is 3. The molecule has 0 aromatic rings. The summed E-state index contributed by atoms with van der Waals surface area (Å²) in [5.41, 5.74) is 0. The number of carbonyl (C=O) groups excluding carboxylic acids is 2. The number of carboxylic acid groups (broad SMARTS) is 1. The predicted octanol–water partition coefficient (Wildman–Crippen LogP) is -3.64. The summed E-state index contributed by atoms with van der Waals surface area (Å²) < 4.78 is 0. The van der Waals surface area contributed by atoms with Gasteiger partial charge in [-0.3, -0.25) is 4.79 Å². The Morgan fingerprint density at radius 1 is 1.50 bits per heavy atom. The van der Waals surface area contributed by atoms with Gasteiger partial charge in [0, 0.05) is 5.92 Å². The Labute approximate surface area is 82.1 Å². The molecule has 4 heteroatoms. The zero-order valence-corrected chi connectivity index (χ0v) is 8.51. The summed E-state index contributed by atoms with van der Waals surface area (Å²) in [6.45, 7) is 3.32. The maximum absolute atomic E-state index is 10.4.